The summed E-state index contributed by atoms with van der Waals surface area (Å²) in [5.74, 6) is 2.09. The number of carbonyl (C=O) groups is 1. The van der Waals surface area contributed by atoms with Gasteiger partial charge in [-0.05, 0) is 42.8 Å². The maximum atomic E-state index is 10.3. The maximum Gasteiger partial charge on any atom is 0.226 e. The highest BCUT2D eigenvalue weighted by molar-refractivity contribution is 5.73. The molecule has 0 aliphatic carbocycles. The fourth-order valence-corrected chi connectivity index (χ4v) is 2.24. The highest BCUT2D eigenvalue weighted by atomic mass is 16.5. The summed E-state index contributed by atoms with van der Waals surface area (Å²) in [6.45, 7) is 2.22. The number of rotatable bonds is 6. The number of ether oxygens (including phenoxy) is 1. The number of nitrogens with zero attached hydrogens (tertiary/aromatic N) is 1. The molecule has 24 heavy (non-hydrogen) atoms. The zero-order valence-corrected chi connectivity index (χ0v) is 13.3. The lowest BCUT2D eigenvalue weighted by Gasteiger charge is -2.04. The van der Waals surface area contributed by atoms with Gasteiger partial charge in [-0.2, -0.15) is 0 Å². The first-order valence-electron chi connectivity index (χ1n) is 7.62. The van der Waals surface area contributed by atoms with Crippen LogP contribution in [0.1, 0.15) is 17.0 Å². The van der Waals surface area contributed by atoms with Gasteiger partial charge in [0.15, 0.2) is 0 Å². The summed E-state index contributed by atoms with van der Waals surface area (Å²) in [5, 5.41) is 0. The summed E-state index contributed by atoms with van der Waals surface area (Å²) in [7, 11) is 0. The molecule has 2 aromatic carbocycles. The van der Waals surface area contributed by atoms with Crippen molar-refractivity contribution in [2.45, 2.75) is 13.5 Å². The third-order valence-electron chi connectivity index (χ3n) is 3.54. The van der Waals surface area contributed by atoms with Crippen molar-refractivity contribution in [3.05, 3.63) is 77.7 Å². The molecule has 0 spiro atoms. The van der Waals surface area contributed by atoms with Crippen molar-refractivity contribution in [2.75, 3.05) is 0 Å². The Bertz CT molecular complexity index is 833. The molecular formula is C20H17NO3. The van der Waals surface area contributed by atoms with E-state index in [2.05, 4.69) is 4.98 Å². The van der Waals surface area contributed by atoms with E-state index in [9.17, 15) is 4.79 Å². The van der Waals surface area contributed by atoms with E-state index < -0.39 is 0 Å². The predicted molar refractivity (Wildman–Crippen MR) is 92.5 cm³/mol. The van der Waals surface area contributed by atoms with Crippen LogP contribution >= 0.6 is 0 Å². The van der Waals surface area contributed by atoms with E-state index in [1.165, 1.54) is 6.08 Å². The van der Waals surface area contributed by atoms with Crippen LogP contribution in [0.4, 0.5) is 0 Å². The van der Waals surface area contributed by atoms with Crippen LogP contribution in [0.2, 0.25) is 0 Å². The third kappa shape index (κ3) is 3.79. The minimum Gasteiger partial charge on any atom is -0.487 e. The first kappa shape index (κ1) is 15.7. The van der Waals surface area contributed by atoms with Crippen molar-refractivity contribution in [3.8, 4) is 17.2 Å². The number of benzene rings is 2. The molecular weight excluding hydrogens is 302 g/mol. The second kappa shape index (κ2) is 7.42. The molecule has 0 saturated heterocycles. The molecule has 0 fully saturated rings. The zero-order valence-electron chi connectivity index (χ0n) is 13.3. The number of aldehydes is 1. The Kier molecular flexibility index (Phi) is 4.87. The predicted octanol–water partition coefficient (Wildman–Crippen LogP) is 4.44. The number of allylic oxidation sites excluding steroid dienone is 1. The smallest absolute Gasteiger partial charge is 0.226 e. The van der Waals surface area contributed by atoms with E-state index in [0.29, 0.717) is 12.5 Å². The lowest BCUT2D eigenvalue weighted by atomic mass is 10.2. The Morgan fingerprint density at radius 3 is 2.54 bits per heavy atom. The Balaban J connectivity index is 1.67. The van der Waals surface area contributed by atoms with Gasteiger partial charge in [0.05, 0.1) is 0 Å². The molecule has 0 bridgehead atoms. The van der Waals surface area contributed by atoms with Crippen molar-refractivity contribution >= 4 is 12.4 Å². The summed E-state index contributed by atoms with van der Waals surface area (Å²) >= 11 is 0. The number of aromatic nitrogens is 1. The van der Waals surface area contributed by atoms with Crippen molar-refractivity contribution in [3.63, 3.8) is 0 Å². The highest BCUT2D eigenvalue weighted by Gasteiger charge is 2.11. The van der Waals surface area contributed by atoms with Crippen LogP contribution in [0.15, 0.2) is 65.1 Å². The van der Waals surface area contributed by atoms with Crippen LogP contribution in [0.5, 0.6) is 5.75 Å². The van der Waals surface area contributed by atoms with E-state index in [0.717, 1.165) is 34.6 Å². The van der Waals surface area contributed by atoms with Crippen LogP contribution in [-0.2, 0) is 11.4 Å². The van der Waals surface area contributed by atoms with Gasteiger partial charge in [0.1, 0.15) is 30.1 Å². The van der Waals surface area contributed by atoms with Gasteiger partial charge in [-0.1, -0.05) is 36.4 Å². The van der Waals surface area contributed by atoms with Crippen LogP contribution in [-0.4, -0.2) is 11.3 Å². The average molecular weight is 319 g/mol. The number of oxazole rings is 1. The Hall–Kier alpha value is -3.14. The Morgan fingerprint density at radius 2 is 1.83 bits per heavy atom. The Morgan fingerprint density at radius 1 is 1.08 bits per heavy atom. The SMILES string of the molecule is Cc1oc(-c2ccccc2)nc1COc1ccc(/C=C/C=O)cc1. The molecule has 0 atom stereocenters. The van der Waals surface area contributed by atoms with Crippen molar-refractivity contribution in [1.29, 1.82) is 0 Å². The lowest BCUT2D eigenvalue weighted by molar-refractivity contribution is -0.104. The van der Waals surface area contributed by atoms with Crippen molar-refractivity contribution in [2.24, 2.45) is 0 Å². The molecule has 0 aliphatic rings. The van der Waals surface area contributed by atoms with Gasteiger partial charge in [0.25, 0.3) is 0 Å². The van der Waals surface area contributed by atoms with Gasteiger partial charge >= 0.3 is 0 Å². The van der Waals surface area contributed by atoms with Crippen LogP contribution in [0.25, 0.3) is 17.5 Å². The second-order valence-electron chi connectivity index (χ2n) is 5.24. The summed E-state index contributed by atoms with van der Waals surface area (Å²) in [6, 6.07) is 17.3. The van der Waals surface area contributed by atoms with E-state index in [-0.39, 0.29) is 0 Å². The monoisotopic (exact) mass is 319 g/mol. The van der Waals surface area contributed by atoms with Gasteiger partial charge in [-0.3, -0.25) is 4.79 Å². The summed E-state index contributed by atoms with van der Waals surface area (Å²) < 4.78 is 11.5. The maximum absolute atomic E-state index is 10.3. The quantitative estimate of drug-likeness (QED) is 0.498. The molecule has 1 aromatic heterocycles. The first-order valence-corrected chi connectivity index (χ1v) is 7.62. The van der Waals surface area contributed by atoms with Gasteiger partial charge in [-0.25, -0.2) is 4.98 Å². The highest BCUT2D eigenvalue weighted by Crippen LogP contribution is 2.22. The zero-order chi connectivity index (χ0) is 16.8. The summed E-state index contributed by atoms with van der Waals surface area (Å²) in [6.07, 6.45) is 3.95. The molecule has 3 rings (SSSR count). The van der Waals surface area contributed by atoms with Gasteiger partial charge in [0.2, 0.25) is 5.89 Å². The summed E-state index contributed by atoms with van der Waals surface area (Å²) in [5.41, 5.74) is 2.66. The number of hydrogen-bond acceptors (Lipinski definition) is 4. The molecule has 4 nitrogen and oxygen atoms in total. The first-order chi connectivity index (χ1) is 11.8. The molecule has 0 saturated carbocycles. The van der Waals surface area contributed by atoms with Gasteiger partial charge < -0.3 is 9.15 Å². The fourth-order valence-electron chi connectivity index (χ4n) is 2.24. The average Bonchev–Trinajstić information content (AvgIpc) is 3.01. The van der Waals surface area contributed by atoms with Crippen LogP contribution in [0, 0.1) is 6.92 Å². The summed E-state index contributed by atoms with van der Waals surface area (Å²) in [4.78, 5) is 14.8. The van der Waals surface area contributed by atoms with Crippen molar-refractivity contribution in [1.82, 2.24) is 4.98 Å². The largest absolute Gasteiger partial charge is 0.487 e. The standard InChI is InChI=1S/C20H17NO3/c1-15-19(21-20(24-15)17-7-3-2-4-8-17)14-23-18-11-9-16(10-12-18)6-5-13-22/h2-13H,14H2,1H3/b6-5+. The van der Waals surface area contributed by atoms with E-state index in [4.69, 9.17) is 9.15 Å². The van der Waals surface area contributed by atoms with Gasteiger partial charge in [-0.15, -0.1) is 0 Å². The normalized spacial score (nSPS) is 10.9. The second-order valence-corrected chi connectivity index (χ2v) is 5.24. The molecule has 3 aromatic rings. The Labute approximate surface area is 140 Å². The molecule has 0 N–H and O–H groups in total. The van der Waals surface area contributed by atoms with Crippen LogP contribution in [0.3, 0.4) is 0 Å². The molecule has 1 heterocycles. The minimum absolute atomic E-state index is 0.339. The van der Waals surface area contributed by atoms with E-state index in [1.807, 2.05) is 61.5 Å². The number of carbonyl (C=O) groups excluding carboxylic acids is 1. The third-order valence-corrected chi connectivity index (χ3v) is 3.54. The van der Waals surface area contributed by atoms with Crippen LogP contribution < -0.4 is 4.74 Å². The molecule has 120 valence electrons. The fraction of sp³-hybridized carbons (Fsp3) is 0.100. The van der Waals surface area contributed by atoms with Crippen molar-refractivity contribution < 1.29 is 13.9 Å². The number of hydrogen-bond donors (Lipinski definition) is 0. The lowest BCUT2D eigenvalue weighted by Crippen LogP contribution is -1.97. The minimum atomic E-state index is 0.339. The molecule has 0 unspecified atom stereocenters. The number of aryl methyl sites for hydroxylation is 1. The van der Waals surface area contributed by atoms with E-state index >= 15 is 0 Å². The molecule has 0 aliphatic heterocycles. The van der Waals surface area contributed by atoms with Gasteiger partial charge in [0, 0.05) is 5.56 Å². The van der Waals surface area contributed by atoms with E-state index in [1.54, 1.807) is 6.08 Å². The molecule has 4 heteroatoms. The molecule has 0 amide bonds. The topological polar surface area (TPSA) is 52.3 Å². The molecule has 0 radical (unpaired) electrons.